The molecule has 2 aromatic heterocycles. The second-order valence-electron chi connectivity index (χ2n) is 5.34. The number of amidine groups is 1. The van der Waals surface area contributed by atoms with Gasteiger partial charge in [0, 0.05) is 0 Å². The molecule has 1 aliphatic rings. The van der Waals surface area contributed by atoms with Crippen LogP contribution in [0, 0.1) is 5.41 Å². The van der Waals surface area contributed by atoms with Crippen LogP contribution in [-0.4, -0.2) is 60.6 Å². The lowest BCUT2D eigenvalue weighted by Gasteiger charge is -2.20. The van der Waals surface area contributed by atoms with Gasteiger partial charge in [-0.2, -0.15) is 0 Å². The minimum Gasteiger partial charge on any atom is -0.394 e. The maximum absolute atomic E-state index is 10.3. The van der Waals surface area contributed by atoms with Crippen LogP contribution in [0.4, 0.5) is 11.6 Å². The molecule has 12 heteroatoms. The van der Waals surface area contributed by atoms with Gasteiger partial charge in [-0.3, -0.25) is 9.98 Å². The molecule has 0 amide bonds. The Hall–Kier alpha value is -2.51. The first-order chi connectivity index (χ1) is 11.4. The molecule has 1 saturated heterocycles. The van der Waals surface area contributed by atoms with E-state index >= 15 is 0 Å². The number of hydrogen-bond acceptors (Lipinski definition) is 10. The predicted octanol–water partition coefficient (Wildman–Crippen LogP) is -2.81. The highest BCUT2D eigenvalue weighted by molar-refractivity contribution is 6.14. The van der Waals surface area contributed by atoms with Crippen LogP contribution in [0.2, 0.25) is 0 Å². The van der Waals surface area contributed by atoms with Gasteiger partial charge in [0.25, 0.3) is 0 Å². The average molecular weight is 338 g/mol. The molecule has 12 nitrogen and oxygen atoms in total. The number of anilines is 2. The number of nitrogens with two attached hydrogens (primary N) is 3. The number of nitrogens with one attached hydrogen (secondary N) is 2. The zero-order valence-corrected chi connectivity index (χ0v) is 12.4. The first-order valence-corrected chi connectivity index (χ1v) is 7.00. The van der Waals surface area contributed by atoms with Gasteiger partial charge >= 0.3 is 0 Å². The Morgan fingerprint density at radius 3 is 2.62 bits per heavy atom. The van der Waals surface area contributed by atoms with Gasteiger partial charge in [-0.15, -0.1) is 0 Å². The fourth-order valence-electron chi connectivity index (χ4n) is 2.90. The van der Waals surface area contributed by atoms with E-state index in [0.717, 1.165) is 0 Å². The molecular formula is C12H18N8O4. The van der Waals surface area contributed by atoms with Gasteiger partial charge in [-0.25, -0.2) is 15.8 Å². The van der Waals surface area contributed by atoms with Gasteiger partial charge < -0.3 is 36.9 Å². The van der Waals surface area contributed by atoms with Crippen LogP contribution in [0.1, 0.15) is 11.8 Å². The highest BCUT2D eigenvalue weighted by atomic mass is 16.6. The van der Waals surface area contributed by atoms with Gasteiger partial charge in [0.15, 0.2) is 6.23 Å². The summed E-state index contributed by atoms with van der Waals surface area (Å²) in [6.45, 7) is -0.490. The molecule has 3 rings (SSSR count). The summed E-state index contributed by atoms with van der Waals surface area (Å²) >= 11 is 0. The van der Waals surface area contributed by atoms with Crippen LogP contribution in [0.3, 0.4) is 0 Å². The van der Waals surface area contributed by atoms with E-state index in [0.29, 0.717) is 0 Å². The third-order valence-corrected chi connectivity index (χ3v) is 3.99. The Morgan fingerprint density at radius 1 is 1.38 bits per heavy atom. The number of hydrogen-bond donors (Lipinski definition) is 8. The molecule has 3 heterocycles. The molecule has 1 aliphatic heterocycles. The number of nitrogens with zero attached hydrogens (tertiary/aromatic N) is 3. The van der Waals surface area contributed by atoms with Crippen molar-refractivity contribution in [3.63, 3.8) is 0 Å². The van der Waals surface area contributed by atoms with E-state index < -0.39 is 31.1 Å². The molecule has 0 aliphatic carbocycles. The normalized spacial score (nSPS) is 26.8. The highest BCUT2D eigenvalue weighted by Crippen LogP contribution is 2.39. The van der Waals surface area contributed by atoms with E-state index in [9.17, 15) is 15.3 Å². The molecule has 11 N–H and O–H groups in total. The summed E-state index contributed by atoms with van der Waals surface area (Å²) in [4.78, 5) is 7.97. The van der Waals surface area contributed by atoms with Crippen LogP contribution in [0.15, 0.2) is 6.33 Å². The van der Waals surface area contributed by atoms with E-state index in [-0.39, 0.29) is 34.1 Å². The Labute approximate surface area is 135 Å². The molecular weight excluding hydrogens is 320 g/mol. The summed E-state index contributed by atoms with van der Waals surface area (Å²) in [5.74, 6) is 5.38. The van der Waals surface area contributed by atoms with Gasteiger partial charge in [0.2, 0.25) is 0 Å². The van der Waals surface area contributed by atoms with Crippen molar-refractivity contribution in [1.82, 2.24) is 14.5 Å². The number of aliphatic hydroxyl groups excluding tert-OH is 3. The standard InChI is InChI=1S/C12H18N8O4/c13-8(14)4-5-9(15)17-2-18-10(5)20(11(4)19-16)12-7(23)6(22)3(1-21)24-12/h2-3,6-7,12,19,21-23H,1,16H2,(H3,13,14)(H2,15,17,18)/t3-,6-,7-,12-/m1/s1. The number of nitrogen functional groups attached to an aromatic ring is 3. The molecule has 1 fully saturated rings. The van der Waals surface area contributed by atoms with Gasteiger partial charge in [-0.1, -0.05) is 0 Å². The summed E-state index contributed by atoms with van der Waals surface area (Å²) in [6.07, 6.45) is -3.62. The molecule has 0 saturated carbocycles. The minimum absolute atomic E-state index is 0.0622. The molecule has 0 aromatic carbocycles. The van der Waals surface area contributed by atoms with Crippen molar-refractivity contribution < 1.29 is 20.1 Å². The van der Waals surface area contributed by atoms with E-state index in [2.05, 4.69) is 15.4 Å². The first kappa shape index (κ1) is 16.4. The van der Waals surface area contributed by atoms with E-state index in [4.69, 9.17) is 27.5 Å². The SMILES string of the molecule is N=C(N)c1c(NN)n([C@@H]2O[C@H](CO)[C@@H](O)[C@H]2O)c2ncnc(N)c12. The van der Waals surface area contributed by atoms with E-state index in [1.807, 2.05) is 0 Å². The molecule has 0 radical (unpaired) electrons. The van der Waals surface area contributed by atoms with Crippen LogP contribution >= 0.6 is 0 Å². The van der Waals surface area contributed by atoms with Crippen LogP contribution < -0.4 is 22.7 Å². The minimum atomic E-state index is -1.37. The lowest BCUT2D eigenvalue weighted by Crippen LogP contribution is -2.33. The molecule has 0 bridgehead atoms. The lowest BCUT2D eigenvalue weighted by molar-refractivity contribution is -0.0499. The molecule has 4 atom stereocenters. The maximum atomic E-state index is 10.3. The maximum Gasteiger partial charge on any atom is 0.166 e. The number of aliphatic hydroxyl groups is 3. The second-order valence-corrected chi connectivity index (χ2v) is 5.34. The Bertz CT molecular complexity index is 793. The third kappa shape index (κ3) is 2.16. The van der Waals surface area contributed by atoms with Crippen molar-refractivity contribution in [3.8, 4) is 0 Å². The average Bonchev–Trinajstić information content (AvgIpc) is 3.03. The summed E-state index contributed by atoms with van der Waals surface area (Å²) in [7, 11) is 0. The number of fused-ring (bicyclic) bond motifs is 1. The van der Waals surface area contributed by atoms with Crippen LogP contribution in [-0.2, 0) is 4.74 Å². The Balaban J connectivity index is 2.29. The fraction of sp³-hybridized carbons (Fsp3) is 0.417. The Morgan fingerprint density at radius 2 is 2.08 bits per heavy atom. The van der Waals surface area contributed by atoms with E-state index in [1.54, 1.807) is 0 Å². The largest absolute Gasteiger partial charge is 0.394 e. The van der Waals surface area contributed by atoms with Crippen molar-refractivity contribution in [2.45, 2.75) is 24.5 Å². The lowest BCUT2D eigenvalue weighted by atomic mass is 10.1. The van der Waals surface area contributed by atoms with Gasteiger partial charge in [0.05, 0.1) is 17.6 Å². The number of hydrazine groups is 1. The van der Waals surface area contributed by atoms with Crippen molar-refractivity contribution in [2.24, 2.45) is 11.6 Å². The molecule has 0 unspecified atom stereocenters. The quantitative estimate of drug-likeness (QED) is 0.124. The zero-order valence-electron chi connectivity index (χ0n) is 12.4. The monoisotopic (exact) mass is 338 g/mol. The third-order valence-electron chi connectivity index (χ3n) is 3.99. The summed E-state index contributed by atoms with van der Waals surface area (Å²) in [6, 6.07) is 0. The zero-order chi connectivity index (χ0) is 17.6. The topological polar surface area (TPSA) is 215 Å². The summed E-state index contributed by atoms with van der Waals surface area (Å²) in [5, 5.41) is 37.5. The van der Waals surface area contributed by atoms with Gasteiger partial charge in [-0.05, 0) is 0 Å². The molecule has 0 spiro atoms. The fourth-order valence-corrected chi connectivity index (χ4v) is 2.90. The van der Waals surface area contributed by atoms with Crippen molar-refractivity contribution >= 4 is 28.5 Å². The van der Waals surface area contributed by atoms with Crippen molar-refractivity contribution in [3.05, 3.63) is 11.9 Å². The number of ether oxygens (including phenoxy) is 1. The van der Waals surface area contributed by atoms with E-state index in [1.165, 1.54) is 10.9 Å². The van der Waals surface area contributed by atoms with Crippen molar-refractivity contribution in [1.29, 1.82) is 5.41 Å². The number of rotatable bonds is 4. The first-order valence-electron chi connectivity index (χ1n) is 7.00. The smallest absolute Gasteiger partial charge is 0.166 e. The Kier molecular flexibility index (Phi) is 3.98. The molecule has 2 aromatic rings. The van der Waals surface area contributed by atoms with Crippen LogP contribution in [0.25, 0.3) is 11.0 Å². The molecule has 24 heavy (non-hydrogen) atoms. The summed E-state index contributed by atoms with van der Waals surface area (Å²) in [5.41, 5.74) is 14.2. The second kappa shape index (κ2) is 5.85. The highest BCUT2D eigenvalue weighted by Gasteiger charge is 2.45. The number of aromatic nitrogens is 3. The van der Waals surface area contributed by atoms with Crippen LogP contribution in [0.5, 0.6) is 0 Å². The van der Waals surface area contributed by atoms with Gasteiger partial charge in [0.1, 0.15) is 47.8 Å². The molecule has 130 valence electrons. The van der Waals surface area contributed by atoms with Crippen molar-refractivity contribution in [2.75, 3.05) is 17.8 Å². The summed E-state index contributed by atoms with van der Waals surface area (Å²) < 4.78 is 6.84. The predicted molar refractivity (Wildman–Crippen MR) is 83.8 cm³/mol.